The molecule has 3 heterocycles. The molecule has 2 aromatic carbocycles. The third kappa shape index (κ3) is 4.09. The summed E-state index contributed by atoms with van der Waals surface area (Å²) in [4.78, 5) is 12.9. The standard InChI is InChI=1S/C21H15Cl2N9O/c1-12-17(11-24-32(12)15-5-2-13(22)3-6-15)21(33)25-19-8-9-31(28-19)18-7-4-14(23)10-16(18)20-26-29-30-27-20/h2-11H,1H3,(H,25,28,33)(H,26,27,29,30). The molecular weight excluding hydrogens is 465 g/mol. The largest absolute Gasteiger partial charge is 0.305 e. The van der Waals surface area contributed by atoms with Crippen LogP contribution in [0, 0.1) is 6.92 Å². The zero-order chi connectivity index (χ0) is 22.9. The Labute approximate surface area is 197 Å². The summed E-state index contributed by atoms with van der Waals surface area (Å²) in [5.74, 6) is 0.416. The second-order valence-electron chi connectivity index (χ2n) is 7.03. The summed E-state index contributed by atoms with van der Waals surface area (Å²) < 4.78 is 3.27. The van der Waals surface area contributed by atoms with Crippen molar-refractivity contribution in [2.45, 2.75) is 6.92 Å². The average Bonchev–Trinajstić information content (AvgIpc) is 3.56. The Morgan fingerprint density at radius 1 is 1.06 bits per heavy atom. The Kier molecular flexibility index (Phi) is 5.37. The molecular formula is C21H15Cl2N9O. The van der Waals surface area contributed by atoms with Gasteiger partial charge in [-0.2, -0.15) is 15.4 Å². The maximum Gasteiger partial charge on any atom is 0.260 e. The Morgan fingerprint density at radius 3 is 2.61 bits per heavy atom. The molecule has 3 aromatic heterocycles. The lowest BCUT2D eigenvalue weighted by atomic mass is 10.1. The van der Waals surface area contributed by atoms with E-state index in [0.29, 0.717) is 44.2 Å². The van der Waals surface area contributed by atoms with Gasteiger partial charge in [0.15, 0.2) is 5.82 Å². The number of amides is 1. The first-order chi connectivity index (χ1) is 16.0. The van der Waals surface area contributed by atoms with Gasteiger partial charge in [-0.25, -0.2) is 9.36 Å². The summed E-state index contributed by atoms with van der Waals surface area (Å²) in [7, 11) is 0. The predicted molar refractivity (Wildman–Crippen MR) is 123 cm³/mol. The molecule has 2 N–H and O–H groups in total. The monoisotopic (exact) mass is 479 g/mol. The highest BCUT2D eigenvalue weighted by atomic mass is 35.5. The zero-order valence-corrected chi connectivity index (χ0v) is 18.6. The van der Waals surface area contributed by atoms with Crippen LogP contribution in [0.15, 0.2) is 60.9 Å². The number of hydrogen-bond acceptors (Lipinski definition) is 6. The van der Waals surface area contributed by atoms with E-state index in [1.807, 2.05) is 19.1 Å². The first kappa shape index (κ1) is 20.9. The molecule has 33 heavy (non-hydrogen) atoms. The van der Waals surface area contributed by atoms with Gasteiger partial charge in [-0.05, 0) is 54.6 Å². The van der Waals surface area contributed by atoms with Crippen molar-refractivity contribution in [1.29, 1.82) is 0 Å². The molecule has 0 aliphatic heterocycles. The summed E-state index contributed by atoms with van der Waals surface area (Å²) in [6.07, 6.45) is 3.23. The van der Waals surface area contributed by atoms with Crippen molar-refractivity contribution in [3.63, 3.8) is 0 Å². The first-order valence-corrected chi connectivity index (χ1v) is 10.5. The van der Waals surface area contributed by atoms with Crippen molar-refractivity contribution in [2.75, 3.05) is 5.32 Å². The summed E-state index contributed by atoms with van der Waals surface area (Å²) in [5, 5.41) is 26.8. The van der Waals surface area contributed by atoms with Crippen LogP contribution in [0.2, 0.25) is 10.0 Å². The number of tetrazole rings is 1. The van der Waals surface area contributed by atoms with Crippen LogP contribution in [-0.2, 0) is 0 Å². The van der Waals surface area contributed by atoms with Crippen LogP contribution in [0.5, 0.6) is 0 Å². The molecule has 12 heteroatoms. The molecule has 164 valence electrons. The maximum atomic E-state index is 12.9. The second-order valence-corrected chi connectivity index (χ2v) is 7.90. The van der Waals surface area contributed by atoms with E-state index in [0.717, 1.165) is 5.69 Å². The lowest BCUT2D eigenvalue weighted by molar-refractivity contribution is 0.102. The molecule has 1 amide bonds. The van der Waals surface area contributed by atoms with Gasteiger partial charge in [-0.3, -0.25) is 4.79 Å². The third-order valence-electron chi connectivity index (χ3n) is 4.95. The lowest BCUT2D eigenvalue weighted by Gasteiger charge is -2.07. The fourth-order valence-corrected chi connectivity index (χ4v) is 3.64. The van der Waals surface area contributed by atoms with E-state index >= 15 is 0 Å². The molecule has 0 atom stereocenters. The minimum Gasteiger partial charge on any atom is -0.305 e. The van der Waals surface area contributed by atoms with Crippen molar-refractivity contribution in [3.05, 3.63) is 82.2 Å². The van der Waals surface area contributed by atoms with E-state index in [2.05, 4.69) is 36.1 Å². The molecule has 0 aliphatic rings. The molecule has 0 fully saturated rings. The van der Waals surface area contributed by atoms with Gasteiger partial charge in [0.05, 0.1) is 34.4 Å². The van der Waals surface area contributed by atoms with Crippen LogP contribution in [-0.4, -0.2) is 46.1 Å². The Hall–Kier alpha value is -4.02. The zero-order valence-electron chi connectivity index (χ0n) is 17.1. The first-order valence-electron chi connectivity index (χ1n) is 9.71. The molecule has 0 unspecified atom stereocenters. The number of anilines is 1. The normalized spacial score (nSPS) is 11.0. The highest BCUT2D eigenvalue weighted by Crippen LogP contribution is 2.27. The second kappa shape index (κ2) is 8.49. The summed E-state index contributed by atoms with van der Waals surface area (Å²) in [6, 6.07) is 14.1. The Bertz CT molecular complexity index is 1440. The molecule has 0 saturated heterocycles. The molecule has 0 spiro atoms. The van der Waals surface area contributed by atoms with Gasteiger partial charge in [0, 0.05) is 22.3 Å². The van der Waals surface area contributed by atoms with Gasteiger partial charge in [-0.1, -0.05) is 23.2 Å². The molecule has 0 aliphatic carbocycles. The quantitative estimate of drug-likeness (QED) is 0.391. The number of nitrogens with zero attached hydrogens (tertiary/aromatic N) is 7. The van der Waals surface area contributed by atoms with E-state index in [4.69, 9.17) is 23.2 Å². The lowest BCUT2D eigenvalue weighted by Crippen LogP contribution is -2.14. The minimum atomic E-state index is -0.326. The highest BCUT2D eigenvalue weighted by molar-refractivity contribution is 6.31. The number of aromatic nitrogens is 8. The smallest absolute Gasteiger partial charge is 0.260 e. The van der Waals surface area contributed by atoms with Crippen molar-refractivity contribution in [1.82, 2.24) is 40.2 Å². The van der Waals surface area contributed by atoms with Crippen molar-refractivity contribution >= 4 is 34.9 Å². The van der Waals surface area contributed by atoms with Gasteiger partial charge in [0.1, 0.15) is 0 Å². The number of carbonyl (C=O) groups excluding carboxylic acids is 1. The van der Waals surface area contributed by atoms with Crippen molar-refractivity contribution in [2.24, 2.45) is 0 Å². The highest BCUT2D eigenvalue weighted by Gasteiger charge is 2.18. The fourth-order valence-electron chi connectivity index (χ4n) is 3.35. The predicted octanol–water partition coefficient (Wildman–Crippen LogP) is 4.11. The van der Waals surface area contributed by atoms with Crippen LogP contribution in [0.3, 0.4) is 0 Å². The number of benzene rings is 2. The Morgan fingerprint density at radius 2 is 1.85 bits per heavy atom. The van der Waals surface area contributed by atoms with E-state index < -0.39 is 0 Å². The van der Waals surface area contributed by atoms with Crippen LogP contribution in [0.25, 0.3) is 22.8 Å². The number of hydrogen-bond donors (Lipinski definition) is 2. The number of H-pyrrole nitrogens is 1. The number of aromatic amines is 1. The van der Waals surface area contributed by atoms with E-state index in [1.165, 1.54) is 6.20 Å². The maximum absolute atomic E-state index is 12.9. The average molecular weight is 480 g/mol. The van der Waals surface area contributed by atoms with E-state index in [-0.39, 0.29) is 5.91 Å². The molecule has 10 nitrogen and oxygen atoms in total. The summed E-state index contributed by atoms with van der Waals surface area (Å²) >= 11 is 12.1. The van der Waals surface area contributed by atoms with Crippen LogP contribution >= 0.6 is 23.2 Å². The molecule has 5 rings (SSSR count). The topological polar surface area (TPSA) is 119 Å². The molecule has 0 bridgehead atoms. The third-order valence-corrected chi connectivity index (χ3v) is 5.44. The van der Waals surface area contributed by atoms with Crippen molar-refractivity contribution in [3.8, 4) is 22.8 Å². The van der Waals surface area contributed by atoms with Gasteiger partial charge in [0.2, 0.25) is 5.82 Å². The SMILES string of the molecule is Cc1c(C(=O)Nc2ccn(-c3ccc(Cl)cc3-c3nn[nH]n3)n2)cnn1-c1ccc(Cl)cc1. The van der Waals surface area contributed by atoms with Crippen LogP contribution in [0.1, 0.15) is 16.1 Å². The van der Waals surface area contributed by atoms with Crippen molar-refractivity contribution < 1.29 is 4.79 Å². The molecule has 0 radical (unpaired) electrons. The summed E-state index contributed by atoms with van der Waals surface area (Å²) in [5.41, 5.74) is 3.23. The minimum absolute atomic E-state index is 0.326. The van der Waals surface area contributed by atoms with Gasteiger partial charge in [-0.15, -0.1) is 10.2 Å². The van der Waals surface area contributed by atoms with Gasteiger partial charge < -0.3 is 5.32 Å². The van der Waals surface area contributed by atoms with Gasteiger partial charge >= 0.3 is 0 Å². The van der Waals surface area contributed by atoms with E-state index in [1.54, 1.807) is 52.0 Å². The van der Waals surface area contributed by atoms with Crippen LogP contribution in [0.4, 0.5) is 5.82 Å². The van der Waals surface area contributed by atoms with Gasteiger partial charge in [0.25, 0.3) is 5.91 Å². The number of halogens is 2. The van der Waals surface area contributed by atoms with Crippen LogP contribution < -0.4 is 5.32 Å². The molecule has 5 aromatic rings. The Balaban J connectivity index is 1.40. The number of carbonyl (C=O) groups is 1. The number of rotatable bonds is 5. The number of nitrogens with one attached hydrogen (secondary N) is 2. The molecule has 0 saturated carbocycles. The fraction of sp³-hybridized carbons (Fsp3) is 0.0476. The van der Waals surface area contributed by atoms with E-state index in [9.17, 15) is 4.79 Å². The summed E-state index contributed by atoms with van der Waals surface area (Å²) in [6.45, 7) is 1.82.